The smallest absolute Gasteiger partial charge is 0.334 e. The molecule has 4 nitrogen and oxygen atoms in total. The van der Waals surface area contributed by atoms with Gasteiger partial charge >= 0.3 is 11.9 Å². The van der Waals surface area contributed by atoms with Crippen LogP contribution in [0.5, 0.6) is 0 Å². The number of rotatable bonds is 16. The Hall–Kier alpha value is -1.32. The Morgan fingerprint density at radius 1 is 0.719 bits per heavy atom. The molecular weight excluding hydrogens is 400 g/mol. The van der Waals surface area contributed by atoms with E-state index >= 15 is 0 Å². The standard InChI is InChI=1S/C28H50O4/c1-6-7-8-9-10-11-12-16-19-25(27(29)31-20-22(2)3)26(24-17-14-13-15-18-24)28(30)32-21-23(4)5/h22-24H,6-21H2,1-5H3/b26-25-. The van der Waals surface area contributed by atoms with Gasteiger partial charge in [-0.05, 0) is 43.4 Å². The average Bonchev–Trinajstić information content (AvgIpc) is 2.77. The monoisotopic (exact) mass is 450 g/mol. The van der Waals surface area contributed by atoms with E-state index in [4.69, 9.17) is 9.47 Å². The maximum Gasteiger partial charge on any atom is 0.334 e. The lowest BCUT2D eigenvalue weighted by atomic mass is 9.80. The number of esters is 2. The molecule has 0 saturated heterocycles. The summed E-state index contributed by atoms with van der Waals surface area (Å²) in [6.07, 6.45) is 15.6. The van der Waals surface area contributed by atoms with Crippen molar-refractivity contribution >= 4 is 11.9 Å². The highest BCUT2D eigenvalue weighted by molar-refractivity contribution is 6.00. The summed E-state index contributed by atoms with van der Waals surface area (Å²) in [5.41, 5.74) is 1.22. The third-order valence-corrected chi connectivity index (χ3v) is 6.18. The zero-order chi connectivity index (χ0) is 23.8. The van der Waals surface area contributed by atoms with Gasteiger partial charge in [0.05, 0.1) is 18.8 Å². The van der Waals surface area contributed by atoms with Gasteiger partial charge in [0.25, 0.3) is 0 Å². The van der Waals surface area contributed by atoms with Crippen molar-refractivity contribution in [3.8, 4) is 0 Å². The molecule has 1 fully saturated rings. The van der Waals surface area contributed by atoms with E-state index in [2.05, 4.69) is 6.92 Å². The molecular formula is C28H50O4. The molecule has 0 spiro atoms. The molecule has 0 heterocycles. The van der Waals surface area contributed by atoms with Gasteiger partial charge < -0.3 is 9.47 Å². The first kappa shape index (κ1) is 28.7. The van der Waals surface area contributed by atoms with Crippen LogP contribution >= 0.6 is 0 Å². The highest BCUT2D eigenvalue weighted by atomic mass is 16.5. The Morgan fingerprint density at radius 2 is 1.22 bits per heavy atom. The van der Waals surface area contributed by atoms with Crippen LogP contribution in [0, 0.1) is 17.8 Å². The maximum atomic E-state index is 13.2. The molecule has 0 amide bonds. The number of carbonyl (C=O) groups is 2. The average molecular weight is 451 g/mol. The minimum atomic E-state index is -0.302. The fourth-order valence-corrected chi connectivity index (χ4v) is 4.36. The van der Waals surface area contributed by atoms with Crippen molar-refractivity contribution in [2.75, 3.05) is 13.2 Å². The van der Waals surface area contributed by atoms with E-state index in [-0.39, 0.29) is 29.7 Å². The summed E-state index contributed by atoms with van der Waals surface area (Å²) in [6, 6.07) is 0. The van der Waals surface area contributed by atoms with Gasteiger partial charge in [0.1, 0.15) is 0 Å². The molecule has 0 aliphatic heterocycles. The second kappa shape index (κ2) is 17.2. The number of hydrogen-bond acceptors (Lipinski definition) is 4. The Bertz CT molecular complexity index is 556. The molecule has 1 aliphatic rings. The first-order valence-electron chi connectivity index (χ1n) is 13.4. The zero-order valence-electron chi connectivity index (χ0n) is 21.7. The predicted molar refractivity (Wildman–Crippen MR) is 132 cm³/mol. The lowest BCUT2D eigenvalue weighted by Gasteiger charge is -2.26. The van der Waals surface area contributed by atoms with E-state index in [0.29, 0.717) is 30.8 Å². The van der Waals surface area contributed by atoms with Gasteiger partial charge in [0, 0.05) is 5.57 Å². The molecule has 0 aromatic rings. The molecule has 32 heavy (non-hydrogen) atoms. The Balaban J connectivity index is 2.94. The molecule has 4 heteroatoms. The quantitative estimate of drug-likeness (QED) is 0.137. The van der Waals surface area contributed by atoms with Crippen LogP contribution in [0.4, 0.5) is 0 Å². The normalized spacial score (nSPS) is 15.7. The van der Waals surface area contributed by atoms with Gasteiger partial charge in [-0.25, -0.2) is 9.59 Å². The van der Waals surface area contributed by atoms with Crippen LogP contribution in [0.2, 0.25) is 0 Å². The van der Waals surface area contributed by atoms with Crippen LogP contribution < -0.4 is 0 Å². The molecule has 0 radical (unpaired) electrons. The fourth-order valence-electron chi connectivity index (χ4n) is 4.36. The van der Waals surface area contributed by atoms with Crippen molar-refractivity contribution in [1.29, 1.82) is 0 Å². The third-order valence-electron chi connectivity index (χ3n) is 6.18. The first-order valence-corrected chi connectivity index (χ1v) is 13.4. The second-order valence-electron chi connectivity index (χ2n) is 10.4. The van der Waals surface area contributed by atoms with Gasteiger partial charge in [-0.15, -0.1) is 0 Å². The topological polar surface area (TPSA) is 52.6 Å². The van der Waals surface area contributed by atoms with E-state index in [0.717, 1.165) is 38.5 Å². The number of ether oxygens (including phenoxy) is 2. The summed E-state index contributed by atoms with van der Waals surface area (Å²) < 4.78 is 11.3. The zero-order valence-corrected chi connectivity index (χ0v) is 21.7. The molecule has 1 aliphatic carbocycles. The van der Waals surface area contributed by atoms with Crippen LogP contribution in [0.3, 0.4) is 0 Å². The van der Waals surface area contributed by atoms with Crippen LogP contribution in [0.1, 0.15) is 125 Å². The first-order chi connectivity index (χ1) is 15.4. The van der Waals surface area contributed by atoms with Gasteiger partial charge in [-0.1, -0.05) is 98.8 Å². The summed E-state index contributed by atoms with van der Waals surface area (Å²) in [5.74, 6) is 0.0781. The van der Waals surface area contributed by atoms with E-state index in [9.17, 15) is 9.59 Å². The molecule has 0 bridgehead atoms. The van der Waals surface area contributed by atoms with Crippen molar-refractivity contribution < 1.29 is 19.1 Å². The van der Waals surface area contributed by atoms with Gasteiger partial charge in [0.2, 0.25) is 0 Å². The van der Waals surface area contributed by atoms with Gasteiger partial charge in [-0.3, -0.25) is 0 Å². The van der Waals surface area contributed by atoms with Crippen molar-refractivity contribution in [2.45, 2.75) is 125 Å². The minimum Gasteiger partial charge on any atom is -0.462 e. The molecule has 186 valence electrons. The molecule has 0 aromatic carbocycles. The van der Waals surface area contributed by atoms with Crippen molar-refractivity contribution in [3.05, 3.63) is 11.1 Å². The van der Waals surface area contributed by atoms with E-state index < -0.39 is 0 Å². The summed E-state index contributed by atoms with van der Waals surface area (Å²) in [7, 11) is 0. The molecule has 1 rings (SSSR count). The molecule has 0 unspecified atom stereocenters. The highest BCUT2D eigenvalue weighted by Crippen LogP contribution is 2.34. The van der Waals surface area contributed by atoms with Crippen LogP contribution in [0.15, 0.2) is 11.1 Å². The van der Waals surface area contributed by atoms with Crippen molar-refractivity contribution in [1.82, 2.24) is 0 Å². The minimum absolute atomic E-state index is 0.124. The van der Waals surface area contributed by atoms with Crippen LogP contribution in [-0.2, 0) is 19.1 Å². The maximum absolute atomic E-state index is 13.2. The number of carbonyl (C=O) groups excluding carboxylic acids is 2. The van der Waals surface area contributed by atoms with E-state index in [1.165, 1.54) is 44.9 Å². The van der Waals surface area contributed by atoms with Crippen LogP contribution in [-0.4, -0.2) is 25.2 Å². The van der Waals surface area contributed by atoms with E-state index in [1.54, 1.807) is 0 Å². The second-order valence-corrected chi connectivity index (χ2v) is 10.4. The Labute approximate surface area is 197 Å². The lowest BCUT2D eigenvalue weighted by Crippen LogP contribution is -2.25. The Kier molecular flexibility index (Phi) is 15.4. The molecule has 1 saturated carbocycles. The summed E-state index contributed by atoms with van der Waals surface area (Å²) in [4.78, 5) is 26.3. The van der Waals surface area contributed by atoms with Crippen LogP contribution in [0.25, 0.3) is 0 Å². The molecule has 0 aromatic heterocycles. The SMILES string of the molecule is CCCCCCCCCC/C(C(=O)OCC(C)C)=C(/C(=O)OCC(C)C)C1CCCCC1. The largest absolute Gasteiger partial charge is 0.462 e. The third kappa shape index (κ3) is 12.1. The highest BCUT2D eigenvalue weighted by Gasteiger charge is 2.31. The molecule has 0 N–H and O–H groups in total. The summed E-state index contributed by atoms with van der Waals surface area (Å²) >= 11 is 0. The van der Waals surface area contributed by atoms with Gasteiger partial charge in [0.15, 0.2) is 0 Å². The number of unbranched alkanes of at least 4 members (excludes halogenated alkanes) is 7. The molecule has 0 atom stereocenters. The van der Waals surface area contributed by atoms with Gasteiger partial charge in [-0.2, -0.15) is 0 Å². The van der Waals surface area contributed by atoms with Crippen molar-refractivity contribution in [3.63, 3.8) is 0 Å². The number of hydrogen-bond donors (Lipinski definition) is 0. The summed E-state index contributed by atoms with van der Waals surface area (Å²) in [5, 5.41) is 0. The predicted octanol–water partition coefficient (Wildman–Crippen LogP) is 7.79. The lowest BCUT2D eigenvalue weighted by molar-refractivity contribution is -0.144. The van der Waals surface area contributed by atoms with Crippen molar-refractivity contribution in [2.24, 2.45) is 17.8 Å². The van der Waals surface area contributed by atoms with E-state index in [1.807, 2.05) is 27.7 Å². The fraction of sp³-hybridized carbons (Fsp3) is 0.857. The Morgan fingerprint density at radius 3 is 1.75 bits per heavy atom. The summed E-state index contributed by atoms with van der Waals surface area (Å²) in [6.45, 7) is 11.2.